The minimum absolute atomic E-state index is 0.0419. The molecule has 1 unspecified atom stereocenters. The van der Waals surface area contributed by atoms with Gasteiger partial charge in [0, 0.05) is 12.1 Å². The third kappa shape index (κ3) is 5.90. The monoisotopic (exact) mass is 281 g/mol. The summed E-state index contributed by atoms with van der Waals surface area (Å²) in [5.41, 5.74) is 0.923. The van der Waals surface area contributed by atoms with Crippen molar-refractivity contribution in [1.29, 1.82) is 0 Å². The molecule has 0 bridgehead atoms. The van der Waals surface area contributed by atoms with Crippen molar-refractivity contribution in [2.24, 2.45) is 0 Å². The van der Waals surface area contributed by atoms with E-state index in [1.165, 1.54) is 0 Å². The second-order valence-electron chi connectivity index (χ2n) is 5.62. The second kappa shape index (κ2) is 8.25. The maximum Gasteiger partial charge on any atom is 0.124 e. The summed E-state index contributed by atoms with van der Waals surface area (Å²) in [5, 5.41) is 3.15. The predicted molar refractivity (Wildman–Crippen MR) is 81.3 cm³/mol. The Bertz CT molecular complexity index is 388. The van der Waals surface area contributed by atoms with Crippen LogP contribution in [0.4, 0.5) is 0 Å². The highest BCUT2D eigenvalue weighted by atomic mass is 16.5. The molecule has 20 heavy (non-hydrogen) atoms. The van der Waals surface area contributed by atoms with Crippen molar-refractivity contribution < 1.29 is 14.2 Å². The molecule has 1 aromatic rings. The van der Waals surface area contributed by atoms with Crippen LogP contribution in [0, 0.1) is 0 Å². The van der Waals surface area contributed by atoms with Crippen LogP contribution in [0.3, 0.4) is 0 Å². The number of likely N-dealkylation sites (N-methyl/N-ethyl adjacent to an activating group) is 1. The average Bonchev–Trinajstić information content (AvgIpc) is 2.41. The summed E-state index contributed by atoms with van der Waals surface area (Å²) in [6, 6.07) is 7.94. The van der Waals surface area contributed by atoms with E-state index in [9.17, 15) is 0 Å². The summed E-state index contributed by atoms with van der Waals surface area (Å²) in [4.78, 5) is 0. The molecule has 1 N–H and O–H groups in total. The maximum absolute atomic E-state index is 5.94. The van der Waals surface area contributed by atoms with Gasteiger partial charge in [-0.05, 0) is 33.9 Å². The number of nitrogens with one attached hydrogen (secondary N) is 1. The van der Waals surface area contributed by atoms with Crippen LogP contribution >= 0.6 is 0 Å². The minimum Gasteiger partial charge on any atom is -0.496 e. The van der Waals surface area contributed by atoms with E-state index in [0.717, 1.165) is 17.9 Å². The Morgan fingerprint density at radius 1 is 1.15 bits per heavy atom. The molecule has 0 aromatic heterocycles. The number of benzene rings is 1. The third-order valence-electron chi connectivity index (χ3n) is 2.81. The normalized spacial score (nSPS) is 13.2. The van der Waals surface area contributed by atoms with Gasteiger partial charge in [0.15, 0.2) is 0 Å². The molecule has 1 aromatic carbocycles. The first-order chi connectivity index (χ1) is 9.48. The summed E-state index contributed by atoms with van der Waals surface area (Å²) in [7, 11) is 3.59. The Labute approximate surface area is 122 Å². The maximum atomic E-state index is 5.94. The first-order valence-corrected chi connectivity index (χ1v) is 7.01. The van der Waals surface area contributed by atoms with Crippen LogP contribution in [0.2, 0.25) is 0 Å². The zero-order chi connectivity index (χ0) is 15.0. The fourth-order valence-corrected chi connectivity index (χ4v) is 1.91. The van der Waals surface area contributed by atoms with Crippen molar-refractivity contribution in [2.75, 3.05) is 33.9 Å². The lowest BCUT2D eigenvalue weighted by Crippen LogP contribution is -2.25. The molecule has 0 aliphatic rings. The standard InChI is InChI=1S/C16H27NO3/c1-16(2,3)20-11-10-19-15(12-17-4)13-8-6-7-9-14(13)18-5/h6-9,15,17H,10-12H2,1-5H3. The van der Waals surface area contributed by atoms with Gasteiger partial charge in [0.05, 0.1) is 32.0 Å². The van der Waals surface area contributed by atoms with Crippen molar-refractivity contribution in [1.82, 2.24) is 5.32 Å². The van der Waals surface area contributed by atoms with E-state index in [0.29, 0.717) is 13.2 Å². The van der Waals surface area contributed by atoms with Gasteiger partial charge in [-0.2, -0.15) is 0 Å². The fraction of sp³-hybridized carbons (Fsp3) is 0.625. The molecular formula is C16H27NO3. The van der Waals surface area contributed by atoms with Gasteiger partial charge in [-0.3, -0.25) is 0 Å². The van der Waals surface area contributed by atoms with Gasteiger partial charge in [-0.15, -0.1) is 0 Å². The highest BCUT2D eigenvalue weighted by molar-refractivity contribution is 5.35. The van der Waals surface area contributed by atoms with Crippen LogP contribution in [0.15, 0.2) is 24.3 Å². The van der Waals surface area contributed by atoms with E-state index in [1.807, 2.05) is 52.1 Å². The van der Waals surface area contributed by atoms with E-state index < -0.39 is 0 Å². The zero-order valence-electron chi connectivity index (χ0n) is 13.2. The lowest BCUT2D eigenvalue weighted by molar-refractivity contribution is -0.0519. The van der Waals surface area contributed by atoms with Gasteiger partial charge in [0.2, 0.25) is 0 Å². The molecule has 1 rings (SSSR count). The molecule has 4 nitrogen and oxygen atoms in total. The quantitative estimate of drug-likeness (QED) is 0.744. The first kappa shape index (κ1) is 17.0. The van der Waals surface area contributed by atoms with Gasteiger partial charge in [0.25, 0.3) is 0 Å². The van der Waals surface area contributed by atoms with Gasteiger partial charge in [0.1, 0.15) is 5.75 Å². The molecule has 0 amide bonds. The molecule has 1 atom stereocenters. The molecule has 0 spiro atoms. The van der Waals surface area contributed by atoms with E-state index in [4.69, 9.17) is 14.2 Å². The van der Waals surface area contributed by atoms with Crippen LogP contribution in [-0.4, -0.2) is 39.5 Å². The van der Waals surface area contributed by atoms with Crippen LogP contribution in [0.1, 0.15) is 32.4 Å². The Kier molecular flexibility index (Phi) is 6.99. The zero-order valence-corrected chi connectivity index (χ0v) is 13.2. The number of para-hydroxylation sites is 1. The van der Waals surface area contributed by atoms with Crippen molar-refractivity contribution in [3.63, 3.8) is 0 Å². The highest BCUT2D eigenvalue weighted by Crippen LogP contribution is 2.26. The summed E-state index contributed by atoms with van der Waals surface area (Å²) in [6.07, 6.45) is -0.0419. The van der Waals surface area contributed by atoms with Gasteiger partial charge < -0.3 is 19.5 Å². The molecule has 0 radical (unpaired) electrons. The lowest BCUT2D eigenvalue weighted by atomic mass is 10.1. The van der Waals surface area contributed by atoms with Crippen LogP contribution in [0.25, 0.3) is 0 Å². The number of hydrogen-bond acceptors (Lipinski definition) is 4. The predicted octanol–water partition coefficient (Wildman–Crippen LogP) is 2.79. The van der Waals surface area contributed by atoms with Gasteiger partial charge in [-0.25, -0.2) is 0 Å². The largest absolute Gasteiger partial charge is 0.496 e. The van der Waals surface area contributed by atoms with Crippen molar-refractivity contribution in [3.05, 3.63) is 29.8 Å². The first-order valence-electron chi connectivity index (χ1n) is 7.01. The Morgan fingerprint density at radius 3 is 2.45 bits per heavy atom. The summed E-state index contributed by atoms with van der Waals surface area (Å²) in [5.74, 6) is 0.851. The summed E-state index contributed by atoms with van der Waals surface area (Å²) >= 11 is 0. The number of hydrogen-bond donors (Lipinski definition) is 1. The van der Waals surface area contributed by atoms with E-state index in [2.05, 4.69) is 5.32 Å². The van der Waals surface area contributed by atoms with E-state index in [-0.39, 0.29) is 11.7 Å². The molecular weight excluding hydrogens is 254 g/mol. The van der Waals surface area contributed by atoms with Gasteiger partial charge in [-0.1, -0.05) is 18.2 Å². The van der Waals surface area contributed by atoms with Crippen LogP contribution in [0.5, 0.6) is 5.75 Å². The molecule has 0 heterocycles. The van der Waals surface area contributed by atoms with Crippen molar-refractivity contribution in [3.8, 4) is 5.75 Å². The lowest BCUT2D eigenvalue weighted by Gasteiger charge is -2.23. The average molecular weight is 281 g/mol. The van der Waals surface area contributed by atoms with Crippen molar-refractivity contribution >= 4 is 0 Å². The Morgan fingerprint density at radius 2 is 1.85 bits per heavy atom. The van der Waals surface area contributed by atoms with Crippen LogP contribution in [-0.2, 0) is 9.47 Å². The molecule has 114 valence electrons. The van der Waals surface area contributed by atoms with E-state index >= 15 is 0 Å². The molecule has 0 saturated heterocycles. The number of methoxy groups -OCH3 is 1. The second-order valence-corrected chi connectivity index (χ2v) is 5.62. The third-order valence-corrected chi connectivity index (χ3v) is 2.81. The van der Waals surface area contributed by atoms with E-state index in [1.54, 1.807) is 7.11 Å². The highest BCUT2D eigenvalue weighted by Gasteiger charge is 2.16. The topological polar surface area (TPSA) is 39.7 Å². The van der Waals surface area contributed by atoms with Gasteiger partial charge >= 0.3 is 0 Å². The molecule has 4 heteroatoms. The molecule has 0 fully saturated rings. The Hall–Kier alpha value is -1.10. The summed E-state index contributed by atoms with van der Waals surface area (Å²) < 4.78 is 17.0. The fourth-order valence-electron chi connectivity index (χ4n) is 1.91. The SMILES string of the molecule is CNCC(OCCOC(C)(C)C)c1ccccc1OC. The Balaban J connectivity index is 2.60. The smallest absolute Gasteiger partial charge is 0.124 e. The molecule has 0 aliphatic carbocycles. The molecule has 0 aliphatic heterocycles. The molecule has 0 saturated carbocycles. The van der Waals surface area contributed by atoms with Crippen LogP contribution < -0.4 is 10.1 Å². The number of ether oxygens (including phenoxy) is 3. The van der Waals surface area contributed by atoms with Crippen molar-refractivity contribution in [2.45, 2.75) is 32.5 Å². The number of rotatable bonds is 8. The summed E-state index contributed by atoms with van der Waals surface area (Å²) in [6.45, 7) is 7.99. The minimum atomic E-state index is -0.133.